The van der Waals surface area contributed by atoms with E-state index in [0.717, 1.165) is 21.9 Å². The summed E-state index contributed by atoms with van der Waals surface area (Å²) in [6, 6.07) is 24.7. The van der Waals surface area contributed by atoms with Gasteiger partial charge in [0.25, 0.3) is 17.5 Å². The van der Waals surface area contributed by atoms with E-state index in [1.165, 1.54) is 29.2 Å². The lowest BCUT2D eigenvalue weighted by Crippen LogP contribution is -2.33. The minimum absolute atomic E-state index is 0.0962. The van der Waals surface area contributed by atoms with Crippen molar-refractivity contribution >= 4 is 45.2 Å². The third-order valence-corrected chi connectivity index (χ3v) is 6.11. The molecule has 7 nitrogen and oxygen atoms in total. The molecule has 4 aromatic carbocycles. The van der Waals surface area contributed by atoms with Crippen LogP contribution in [0.5, 0.6) is 0 Å². The highest BCUT2D eigenvalue weighted by Crippen LogP contribution is 2.37. The van der Waals surface area contributed by atoms with Gasteiger partial charge in [0.1, 0.15) is 5.70 Å². The van der Waals surface area contributed by atoms with Gasteiger partial charge in [-0.05, 0) is 60.2 Å². The quantitative estimate of drug-likeness (QED) is 0.231. The molecule has 1 aliphatic heterocycles. The van der Waals surface area contributed by atoms with Crippen LogP contribution in [0.2, 0.25) is 0 Å². The van der Waals surface area contributed by atoms with Crippen LogP contribution in [0.25, 0.3) is 16.3 Å². The summed E-state index contributed by atoms with van der Waals surface area (Å²) in [5.74, 6) is -0.967. The summed E-state index contributed by atoms with van der Waals surface area (Å²) in [7, 11) is 0. The standard InChI is InChI=1S/C28H21N3O4/c1-17-10-11-18(2)24(16-17)30-27(32)25(20-12-14-21(15-13-20)31(34)35)26(28(30)33)29-23-9-5-7-19-6-3-4-8-22(19)23/h3-16,29H,1-2H3. The van der Waals surface area contributed by atoms with Gasteiger partial charge < -0.3 is 5.32 Å². The molecule has 35 heavy (non-hydrogen) atoms. The first kappa shape index (κ1) is 22.0. The predicted octanol–water partition coefficient (Wildman–Crippen LogP) is 5.76. The summed E-state index contributed by atoms with van der Waals surface area (Å²) in [5, 5.41) is 16.2. The highest BCUT2D eigenvalue weighted by molar-refractivity contribution is 6.46. The Morgan fingerprint density at radius 1 is 0.829 bits per heavy atom. The molecule has 0 saturated carbocycles. The monoisotopic (exact) mass is 463 g/mol. The van der Waals surface area contributed by atoms with Crippen molar-refractivity contribution in [1.82, 2.24) is 0 Å². The maximum Gasteiger partial charge on any atom is 0.282 e. The maximum absolute atomic E-state index is 13.8. The van der Waals surface area contributed by atoms with Crippen molar-refractivity contribution in [2.45, 2.75) is 13.8 Å². The average Bonchev–Trinajstić information content (AvgIpc) is 3.10. The Labute approximate surface area is 201 Å². The lowest BCUT2D eigenvalue weighted by molar-refractivity contribution is -0.384. The Morgan fingerprint density at radius 3 is 2.29 bits per heavy atom. The summed E-state index contributed by atoms with van der Waals surface area (Å²) in [5.41, 5.74) is 3.51. The Kier molecular flexibility index (Phi) is 5.37. The number of imide groups is 1. The van der Waals surface area contributed by atoms with Crippen LogP contribution in [-0.2, 0) is 9.59 Å². The molecule has 0 unspecified atom stereocenters. The first-order valence-corrected chi connectivity index (χ1v) is 11.0. The molecule has 0 spiro atoms. The van der Waals surface area contributed by atoms with Crippen LogP contribution in [0.4, 0.5) is 17.1 Å². The molecule has 0 saturated heterocycles. The van der Waals surface area contributed by atoms with E-state index in [1.807, 2.05) is 68.4 Å². The molecule has 0 radical (unpaired) electrons. The number of nitro benzene ring substituents is 1. The Morgan fingerprint density at radius 2 is 1.54 bits per heavy atom. The van der Waals surface area contributed by atoms with Crippen LogP contribution in [0, 0.1) is 24.0 Å². The number of non-ortho nitro benzene ring substituents is 1. The molecule has 172 valence electrons. The van der Waals surface area contributed by atoms with Gasteiger partial charge in [0.15, 0.2) is 0 Å². The number of fused-ring (bicyclic) bond motifs is 1. The van der Waals surface area contributed by atoms with Gasteiger partial charge in [-0.15, -0.1) is 0 Å². The van der Waals surface area contributed by atoms with Crippen molar-refractivity contribution in [3.8, 4) is 0 Å². The van der Waals surface area contributed by atoms with Gasteiger partial charge in [-0.1, -0.05) is 48.5 Å². The third kappa shape index (κ3) is 3.83. The van der Waals surface area contributed by atoms with Gasteiger partial charge in [-0.3, -0.25) is 19.7 Å². The summed E-state index contributed by atoms with van der Waals surface area (Å²) in [6.45, 7) is 3.74. The van der Waals surface area contributed by atoms with Gasteiger partial charge >= 0.3 is 0 Å². The number of nitrogens with zero attached hydrogens (tertiary/aromatic N) is 2. The normalized spacial score (nSPS) is 13.6. The van der Waals surface area contributed by atoms with Crippen LogP contribution in [0.3, 0.4) is 0 Å². The fraction of sp³-hybridized carbons (Fsp3) is 0.0714. The molecule has 0 aromatic heterocycles. The molecule has 2 amide bonds. The number of benzene rings is 4. The largest absolute Gasteiger partial charge is 0.350 e. The van der Waals surface area contributed by atoms with Crippen molar-refractivity contribution in [2.75, 3.05) is 10.2 Å². The van der Waals surface area contributed by atoms with Crippen molar-refractivity contribution in [1.29, 1.82) is 0 Å². The Bertz CT molecular complexity index is 1550. The van der Waals surface area contributed by atoms with Gasteiger partial charge in [-0.25, -0.2) is 4.90 Å². The molecular weight excluding hydrogens is 442 g/mol. The lowest BCUT2D eigenvalue weighted by Gasteiger charge is -2.18. The Balaban J connectivity index is 1.68. The molecule has 0 fully saturated rings. The summed E-state index contributed by atoms with van der Waals surface area (Å²) in [4.78, 5) is 39.3. The van der Waals surface area contributed by atoms with Crippen molar-refractivity contribution in [3.63, 3.8) is 0 Å². The van der Waals surface area contributed by atoms with Crippen molar-refractivity contribution < 1.29 is 14.5 Å². The second-order valence-corrected chi connectivity index (χ2v) is 8.44. The van der Waals surface area contributed by atoms with E-state index >= 15 is 0 Å². The number of anilines is 2. The second-order valence-electron chi connectivity index (χ2n) is 8.44. The van der Waals surface area contributed by atoms with E-state index in [2.05, 4.69) is 5.32 Å². The van der Waals surface area contributed by atoms with E-state index in [-0.39, 0.29) is 17.0 Å². The molecule has 7 heteroatoms. The first-order chi connectivity index (χ1) is 16.8. The zero-order valence-corrected chi connectivity index (χ0v) is 19.1. The van der Waals surface area contributed by atoms with Crippen LogP contribution < -0.4 is 10.2 Å². The van der Waals surface area contributed by atoms with E-state index in [9.17, 15) is 19.7 Å². The van der Waals surface area contributed by atoms with Crippen LogP contribution in [0.15, 0.2) is 90.6 Å². The Hall–Kier alpha value is -4.78. The fourth-order valence-corrected chi connectivity index (χ4v) is 4.31. The fourth-order valence-electron chi connectivity index (χ4n) is 4.31. The molecule has 1 N–H and O–H groups in total. The van der Waals surface area contributed by atoms with Crippen LogP contribution >= 0.6 is 0 Å². The van der Waals surface area contributed by atoms with Gasteiger partial charge in [0, 0.05) is 23.2 Å². The third-order valence-electron chi connectivity index (χ3n) is 6.11. The minimum Gasteiger partial charge on any atom is -0.350 e. The zero-order chi connectivity index (χ0) is 24.7. The summed E-state index contributed by atoms with van der Waals surface area (Å²) < 4.78 is 0. The predicted molar refractivity (Wildman–Crippen MR) is 136 cm³/mol. The average molecular weight is 463 g/mol. The summed E-state index contributed by atoms with van der Waals surface area (Å²) in [6.07, 6.45) is 0. The number of aryl methyl sites for hydroxylation is 2. The molecule has 0 bridgehead atoms. The molecule has 5 rings (SSSR count). The zero-order valence-electron chi connectivity index (χ0n) is 19.1. The number of nitro groups is 1. The lowest BCUT2D eigenvalue weighted by atomic mass is 10.0. The molecule has 0 atom stereocenters. The van der Waals surface area contributed by atoms with Crippen LogP contribution in [0.1, 0.15) is 16.7 Å². The minimum atomic E-state index is -0.503. The first-order valence-electron chi connectivity index (χ1n) is 11.0. The SMILES string of the molecule is Cc1ccc(C)c(N2C(=O)C(Nc3cccc4ccccc34)=C(c3ccc([N+](=O)[O-])cc3)C2=O)c1. The molecular formula is C28H21N3O4. The van der Waals surface area contributed by atoms with Crippen LogP contribution in [-0.4, -0.2) is 16.7 Å². The second kappa shape index (κ2) is 8.53. The summed E-state index contributed by atoms with van der Waals surface area (Å²) >= 11 is 0. The van der Waals surface area contributed by atoms with E-state index in [4.69, 9.17) is 0 Å². The van der Waals surface area contributed by atoms with E-state index in [0.29, 0.717) is 16.9 Å². The van der Waals surface area contributed by atoms with Gasteiger partial charge in [-0.2, -0.15) is 0 Å². The molecule has 1 aliphatic rings. The number of amides is 2. The topological polar surface area (TPSA) is 92.6 Å². The smallest absolute Gasteiger partial charge is 0.282 e. The van der Waals surface area contributed by atoms with Crippen molar-refractivity contribution in [2.24, 2.45) is 0 Å². The maximum atomic E-state index is 13.8. The number of hydrogen-bond donors (Lipinski definition) is 1. The highest BCUT2D eigenvalue weighted by Gasteiger charge is 2.41. The molecule has 4 aromatic rings. The number of nitrogens with one attached hydrogen (secondary N) is 1. The molecule has 1 heterocycles. The number of carbonyl (C=O) groups excluding carboxylic acids is 2. The van der Waals surface area contributed by atoms with Gasteiger partial charge in [0.2, 0.25) is 0 Å². The molecule has 0 aliphatic carbocycles. The number of rotatable bonds is 5. The number of carbonyl (C=O) groups is 2. The van der Waals surface area contributed by atoms with E-state index < -0.39 is 16.7 Å². The van der Waals surface area contributed by atoms with E-state index in [1.54, 1.807) is 6.07 Å². The number of hydrogen-bond acceptors (Lipinski definition) is 5. The van der Waals surface area contributed by atoms with Gasteiger partial charge in [0.05, 0.1) is 16.2 Å². The highest BCUT2D eigenvalue weighted by atomic mass is 16.6. The van der Waals surface area contributed by atoms with Crippen molar-refractivity contribution in [3.05, 3.63) is 117 Å².